The molecule has 2 aliphatic carbocycles. The number of amides is 3. The first-order valence-corrected chi connectivity index (χ1v) is 34.9. The van der Waals surface area contributed by atoms with Gasteiger partial charge in [-0.1, -0.05) is 135 Å². The third-order valence-corrected chi connectivity index (χ3v) is 20.3. The minimum Gasteiger partial charge on any atom is -0.508 e. The van der Waals surface area contributed by atoms with Crippen LogP contribution in [0.2, 0.25) is 5.02 Å². The minimum absolute atomic E-state index is 0.0272. The molecule has 2 atom stereocenters. The number of thiazole rings is 2. The molecule has 0 radical (unpaired) electrons. The fourth-order valence-electron chi connectivity index (χ4n) is 10.1. The van der Waals surface area contributed by atoms with Crippen molar-refractivity contribution in [3.8, 4) is 34.3 Å². The number of allylic oxidation sites excluding steroid dienone is 1. The molecule has 2 fully saturated rings. The van der Waals surface area contributed by atoms with Gasteiger partial charge in [-0.15, -0.1) is 29.3 Å². The lowest BCUT2D eigenvalue weighted by Crippen LogP contribution is -2.37. The number of ketones is 1. The van der Waals surface area contributed by atoms with Crippen molar-refractivity contribution in [2.24, 2.45) is 4.99 Å². The molecule has 0 bridgehead atoms. The molecule has 2 saturated carbocycles. The van der Waals surface area contributed by atoms with Gasteiger partial charge >= 0.3 is 0 Å². The van der Waals surface area contributed by atoms with Gasteiger partial charge in [0.05, 0.1) is 61.8 Å². The molecule has 11 rings (SSSR count). The monoisotopic (exact) mass is 1340 g/mol. The average Bonchev–Trinajstić information content (AvgIpc) is 1.28. The number of Topliss-reactive ketones (excluding diaryl/α,β-unsaturated/α-hetero) is 1. The third-order valence-electron chi connectivity index (χ3n) is 15.1. The minimum atomic E-state index is -2.66. The topological polar surface area (TPSA) is 212 Å². The average molecular weight is 1340 g/mol. The van der Waals surface area contributed by atoms with E-state index in [4.69, 9.17) is 25.8 Å². The zero-order valence-corrected chi connectivity index (χ0v) is 56.1. The van der Waals surface area contributed by atoms with E-state index < -0.39 is 9.71 Å². The fraction of sp³-hybridized carbons (Fsp3) is 0.282. The van der Waals surface area contributed by atoms with Crippen LogP contribution in [-0.4, -0.2) is 87.2 Å². The SMILES string of the molecule is C=CCn1c(-c2ccccc2)csc1=Nc1ccc(O)cc1.C=S(=O)(NCC(=O)Nc1nc2ccc(OC)cc2s1)c1cccs1.CC(C)(c1ccccc1)c1ccc(OCC(=O)NC2CCCC2)cc1.Cc1cc(Cl)ccc1OCCCC(=O)NC1CCCC1=O. The highest BCUT2D eigenvalue weighted by Gasteiger charge is 2.26. The van der Waals surface area contributed by atoms with Gasteiger partial charge < -0.3 is 39.8 Å². The largest absolute Gasteiger partial charge is 0.508 e. The maximum absolute atomic E-state index is 12.4. The van der Waals surface area contributed by atoms with Crippen LogP contribution in [0.1, 0.15) is 88.3 Å². The van der Waals surface area contributed by atoms with Crippen LogP contribution < -0.4 is 39.7 Å². The molecule has 21 heteroatoms. The van der Waals surface area contributed by atoms with Gasteiger partial charge in [-0.2, -0.15) is 0 Å². The number of methoxy groups -OCH3 is 1. The van der Waals surface area contributed by atoms with E-state index in [0.29, 0.717) is 52.8 Å². The molecule has 0 spiro atoms. The maximum atomic E-state index is 12.4. The molecule has 3 heterocycles. The Bertz CT molecular complexity index is 4060. The summed E-state index contributed by atoms with van der Waals surface area (Å²) in [5.74, 6) is 5.88. The first-order valence-electron chi connectivity index (χ1n) is 30.2. The molecule has 482 valence electrons. The van der Waals surface area contributed by atoms with Crippen LogP contribution in [0, 0.1) is 6.92 Å². The summed E-state index contributed by atoms with van der Waals surface area (Å²) in [4.78, 5) is 57.1. The predicted molar refractivity (Wildman–Crippen MR) is 375 cm³/mol. The molecule has 3 aromatic heterocycles. The molecule has 9 aromatic rings. The molecule has 2 unspecified atom stereocenters. The van der Waals surface area contributed by atoms with Crippen molar-refractivity contribution in [2.75, 3.05) is 32.2 Å². The van der Waals surface area contributed by atoms with E-state index in [9.17, 15) is 28.5 Å². The first-order chi connectivity index (χ1) is 44.4. The van der Waals surface area contributed by atoms with Gasteiger partial charge in [-0.3, -0.25) is 19.2 Å². The summed E-state index contributed by atoms with van der Waals surface area (Å²) >= 11 is 10.2. The van der Waals surface area contributed by atoms with Crippen LogP contribution in [0.4, 0.5) is 10.8 Å². The van der Waals surface area contributed by atoms with E-state index in [1.54, 1.807) is 60.9 Å². The van der Waals surface area contributed by atoms with Gasteiger partial charge in [0, 0.05) is 41.2 Å². The first kappa shape index (κ1) is 69.5. The van der Waals surface area contributed by atoms with Crippen LogP contribution in [0.15, 0.2) is 190 Å². The lowest BCUT2D eigenvalue weighted by atomic mass is 9.78. The summed E-state index contributed by atoms with van der Waals surface area (Å²) in [6.07, 6.45) is 9.71. The summed E-state index contributed by atoms with van der Waals surface area (Å²) in [5, 5.41) is 23.0. The number of nitrogens with zero attached hydrogens (tertiary/aromatic N) is 3. The Kier molecular flexibility index (Phi) is 25.9. The number of fused-ring (bicyclic) bond motifs is 1. The lowest BCUT2D eigenvalue weighted by Gasteiger charge is -2.26. The Morgan fingerprint density at radius 2 is 1.52 bits per heavy atom. The van der Waals surface area contributed by atoms with Gasteiger partial charge in [-0.25, -0.2) is 18.9 Å². The molecular weight excluding hydrogens is 1260 g/mol. The lowest BCUT2D eigenvalue weighted by molar-refractivity contribution is -0.126. The van der Waals surface area contributed by atoms with Crippen LogP contribution >= 0.6 is 45.6 Å². The van der Waals surface area contributed by atoms with Crippen LogP contribution in [0.5, 0.6) is 23.0 Å². The highest BCUT2D eigenvalue weighted by molar-refractivity contribution is 8.00. The van der Waals surface area contributed by atoms with E-state index in [1.807, 2.05) is 85.1 Å². The summed E-state index contributed by atoms with van der Waals surface area (Å²) in [5.41, 5.74) is 7.29. The quantitative estimate of drug-likeness (QED) is 0.0246. The molecular formula is C71H78ClN7O9S4. The standard InChI is InChI=1S/C22H27NO2.C18H16N2OS.C16H20ClNO3.C15H15N3O3S3/c1-22(2,17-8-4-3-5-9-17)18-12-14-20(15-13-18)25-16-21(24)23-19-10-6-7-11-19;1-2-12-20-17(14-6-4-3-5-7-14)13-22-18(20)19-15-8-10-16(21)11-9-15;1-11-10-12(17)7-8-15(11)21-9-3-6-16(20)18-13-4-2-5-14(13)19;1-21-10-5-6-11-12(8-10)23-15(17-11)18-13(19)9-16-24(2,20)14-4-3-7-22-14/h3-5,8-9,12-15,19H,6-7,10-11,16H2,1-2H3,(H,23,24);2-11,13,21H,1,12H2;7-8,10,13H,2-6,9H2,1H3,(H,18,20);3-8H,2,9H2,1H3,(H,16,20)(H,17,18,19). The number of phenols is 1. The fourth-order valence-corrected chi connectivity index (χ4v) is 14.4. The van der Waals surface area contributed by atoms with Gasteiger partial charge in [0.25, 0.3) is 5.91 Å². The number of rotatable bonds is 22. The number of aromatic nitrogens is 2. The molecule has 0 aliphatic heterocycles. The van der Waals surface area contributed by atoms with Crippen molar-refractivity contribution in [3.05, 3.63) is 208 Å². The van der Waals surface area contributed by atoms with E-state index in [1.165, 1.54) is 46.6 Å². The van der Waals surface area contributed by atoms with Crippen molar-refractivity contribution in [3.63, 3.8) is 0 Å². The number of ether oxygens (including phenoxy) is 3. The van der Waals surface area contributed by atoms with E-state index in [2.05, 4.69) is 115 Å². The van der Waals surface area contributed by atoms with Crippen molar-refractivity contribution in [2.45, 2.75) is 107 Å². The highest BCUT2D eigenvalue weighted by Crippen LogP contribution is 2.33. The summed E-state index contributed by atoms with van der Waals surface area (Å²) < 4.78 is 35.2. The number of hydrogen-bond donors (Lipinski definition) is 5. The second-order valence-electron chi connectivity index (χ2n) is 22.3. The Morgan fingerprint density at radius 1 is 0.815 bits per heavy atom. The molecule has 92 heavy (non-hydrogen) atoms. The Hall–Kier alpha value is -8.37. The molecule has 0 saturated heterocycles. The van der Waals surface area contributed by atoms with Crippen LogP contribution in [-0.2, 0) is 40.8 Å². The van der Waals surface area contributed by atoms with Gasteiger partial charge in [0.15, 0.2) is 22.3 Å². The summed E-state index contributed by atoms with van der Waals surface area (Å²) in [6.45, 7) is 11.3. The normalized spacial score (nSPS) is 14.5. The second-order valence-corrected chi connectivity index (χ2v) is 27.9. The van der Waals surface area contributed by atoms with Crippen LogP contribution in [0.3, 0.4) is 0 Å². The number of aryl methyl sites for hydroxylation is 1. The number of carbonyl (C=O) groups excluding carboxylic acids is 4. The number of anilines is 1. The smallest absolute Gasteiger partial charge is 0.258 e. The summed E-state index contributed by atoms with van der Waals surface area (Å²) in [7, 11) is -1.07. The van der Waals surface area contributed by atoms with Crippen LogP contribution in [0.25, 0.3) is 21.5 Å². The van der Waals surface area contributed by atoms with Gasteiger partial charge in [0.1, 0.15) is 23.0 Å². The van der Waals surface area contributed by atoms with E-state index >= 15 is 0 Å². The molecule has 2 aliphatic rings. The second kappa shape index (κ2) is 34.3. The number of nitrogens with one attached hydrogen (secondary N) is 4. The zero-order valence-electron chi connectivity index (χ0n) is 52.1. The van der Waals surface area contributed by atoms with Crippen molar-refractivity contribution in [1.29, 1.82) is 0 Å². The summed E-state index contributed by atoms with van der Waals surface area (Å²) in [6, 6.07) is 50.2. The number of benzene rings is 6. The molecule has 16 nitrogen and oxygen atoms in total. The van der Waals surface area contributed by atoms with Crippen molar-refractivity contribution < 1.29 is 42.7 Å². The van der Waals surface area contributed by atoms with Crippen molar-refractivity contribution >= 4 is 106 Å². The Morgan fingerprint density at radius 3 is 2.18 bits per heavy atom. The maximum Gasteiger partial charge on any atom is 0.258 e. The number of hydrogen-bond acceptors (Lipinski definition) is 14. The predicted octanol–water partition coefficient (Wildman–Crippen LogP) is 14.4. The van der Waals surface area contributed by atoms with E-state index in [0.717, 1.165) is 80.5 Å². The number of aromatic hydroxyl groups is 1. The third kappa shape index (κ3) is 20.8. The molecule has 6 aromatic carbocycles. The molecule has 3 amide bonds. The number of carbonyl (C=O) groups is 4. The highest BCUT2D eigenvalue weighted by atomic mass is 35.5. The molecule has 5 N–H and O–H groups in total. The van der Waals surface area contributed by atoms with E-state index in [-0.39, 0.29) is 53.9 Å². The van der Waals surface area contributed by atoms with Gasteiger partial charge in [0.2, 0.25) is 11.8 Å². The van der Waals surface area contributed by atoms with Crippen molar-refractivity contribution in [1.82, 2.24) is 24.9 Å². The number of halogens is 1. The zero-order chi connectivity index (χ0) is 65.5. The Labute approximate surface area is 555 Å². The van der Waals surface area contributed by atoms with Gasteiger partial charge in [-0.05, 0) is 151 Å². The number of thiophene rings is 1. The Balaban J connectivity index is 0.000000158. The number of phenolic OH excluding ortho intramolecular Hbond substituents is 1.